The molecule has 0 saturated carbocycles. The van der Waals surface area contributed by atoms with Crippen molar-refractivity contribution in [3.05, 3.63) is 58.1 Å². The highest BCUT2D eigenvalue weighted by molar-refractivity contribution is 6.36. The Bertz CT molecular complexity index is 921. The largest absolute Gasteiger partial charge is 0.418 e. The van der Waals surface area contributed by atoms with Crippen molar-refractivity contribution in [1.29, 1.82) is 0 Å². The van der Waals surface area contributed by atoms with Crippen LogP contribution in [0.5, 0.6) is 0 Å². The van der Waals surface area contributed by atoms with E-state index in [-0.39, 0.29) is 18.7 Å². The monoisotopic (exact) mass is 431 g/mol. The fourth-order valence-electron chi connectivity index (χ4n) is 2.91. The summed E-state index contributed by atoms with van der Waals surface area (Å²) < 4.78 is 39.0. The molecular weight excluding hydrogens is 418 g/mol. The molecule has 148 valence electrons. The number of hydrazine groups is 1. The summed E-state index contributed by atoms with van der Waals surface area (Å²) in [5.41, 5.74) is 3.57. The third kappa shape index (κ3) is 4.18. The molecule has 1 fully saturated rings. The molecule has 28 heavy (non-hydrogen) atoms. The Morgan fingerprint density at radius 2 is 1.86 bits per heavy atom. The van der Waals surface area contributed by atoms with Gasteiger partial charge < -0.3 is 4.90 Å². The average molecular weight is 432 g/mol. The molecule has 0 radical (unpaired) electrons. The number of carbonyl (C=O) groups excluding carboxylic acids is 2. The van der Waals surface area contributed by atoms with Crippen molar-refractivity contribution >= 4 is 46.4 Å². The van der Waals surface area contributed by atoms with Gasteiger partial charge in [0.25, 0.3) is 5.91 Å². The lowest BCUT2D eigenvalue weighted by molar-refractivity contribution is -0.137. The van der Waals surface area contributed by atoms with Gasteiger partial charge in [-0.3, -0.25) is 20.4 Å². The predicted octanol–water partition coefficient (Wildman–Crippen LogP) is 4.51. The van der Waals surface area contributed by atoms with Gasteiger partial charge in [0.2, 0.25) is 5.91 Å². The van der Waals surface area contributed by atoms with Crippen LogP contribution in [0.1, 0.15) is 12.0 Å². The lowest BCUT2D eigenvalue weighted by Crippen LogP contribution is -2.39. The minimum atomic E-state index is -4.59. The van der Waals surface area contributed by atoms with Gasteiger partial charge in [0.05, 0.1) is 22.0 Å². The van der Waals surface area contributed by atoms with Crippen molar-refractivity contribution in [3.63, 3.8) is 0 Å². The van der Waals surface area contributed by atoms with Crippen LogP contribution < -0.4 is 15.8 Å². The van der Waals surface area contributed by atoms with Gasteiger partial charge in [-0.1, -0.05) is 35.3 Å². The second kappa shape index (κ2) is 7.89. The molecule has 2 N–H and O–H groups in total. The molecule has 1 atom stereocenters. The lowest BCUT2D eigenvalue weighted by atomic mass is 10.1. The van der Waals surface area contributed by atoms with E-state index in [0.29, 0.717) is 15.7 Å². The molecular formula is C18H14Cl2F3N3O2. The summed E-state index contributed by atoms with van der Waals surface area (Å²) in [6.45, 7) is 0.232. The van der Waals surface area contributed by atoms with Crippen molar-refractivity contribution in [1.82, 2.24) is 5.43 Å². The summed E-state index contributed by atoms with van der Waals surface area (Å²) in [6, 6.07) is 9.32. The number of alkyl halides is 3. The number of hydrogen-bond acceptors (Lipinski definition) is 3. The molecule has 0 bridgehead atoms. The number of halogens is 5. The van der Waals surface area contributed by atoms with Gasteiger partial charge in [0, 0.05) is 11.6 Å². The first-order valence-electron chi connectivity index (χ1n) is 8.17. The molecule has 1 aliphatic heterocycles. The van der Waals surface area contributed by atoms with Crippen LogP contribution in [-0.2, 0) is 15.8 Å². The van der Waals surface area contributed by atoms with Gasteiger partial charge in [-0.2, -0.15) is 13.2 Å². The van der Waals surface area contributed by atoms with Crippen LogP contribution in [0.2, 0.25) is 10.0 Å². The minimum Gasteiger partial charge on any atom is -0.310 e. The highest BCUT2D eigenvalue weighted by atomic mass is 35.5. The van der Waals surface area contributed by atoms with E-state index in [9.17, 15) is 22.8 Å². The van der Waals surface area contributed by atoms with E-state index < -0.39 is 29.5 Å². The molecule has 1 aliphatic rings. The quantitative estimate of drug-likeness (QED) is 0.552. The smallest absolute Gasteiger partial charge is 0.310 e. The number of nitrogens with zero attached hydrogens (tertiary/aromatic N) is 1. The van der Waals surface area contributed by atoms with E-state index in [0.717, 1.165) is 6.07 Å². The van der Waals surface area contributed by atoms with Gasteiger partial charge in [-0.15, -0.1) is 0 Å². The molecule has 1 heterocycles. The first-order valence-corrected chi connectivity index (χ1v) is 8.92. The molecule has 0 spiro atoms. The average Bonchev–Trinajstić information content (AvgIpc) is 3.02. The molecule has 1 unspecified atom stereocenters. The van der Waals surface area contributed by atoms with Crippen molar-refractivity contribution in [2.45, 2.75) is 12.6 Å². The molecule has 2 aromatic rings. The van der Waals surface area contributed by atoms with Crippen molar-refractivity contribution < 1.29 is 22.8 Å². The Labute approximate surface area is 168 Å². The molecule has 1 saturated heterocycles. The standard InChI is InChI=1S/C18H14Cl2F3N3O2/c19-10-5-6-13(20)15(9-10)26-8-7-11(17(26)28)16(27)25-24-14-4-2-1-3-12(14)18(21,22)23/h1-6,9,11,24H,7-8H2,(H,25,27). The van der Waals surface area contributed by atoms with E-state index in [1.54, 1.807) is 6.07 Å². The SMILES string of the molecule is O=C(NNc1ccccc1C(F)(F)F)C1CCN(c2cc(Cl)ccc2Cl)C1=O. The topological polar surface area (TPSA) is 61.4 Å². The van der Waals surface area contributed by atoms with Crippen LogP contribution in [-0.4, -0.2) is 18.4 Å². The summed E-state index contributed by atoms with van der Waals surface area (Å²) in [4.78, 5) is 26.3. The summed E-state index contributed by atoms with van der Waals surface area (Å²) in [6.07, 6.45) is -4.40. The van der Waals surface area contributed by atoms with E-state index in [2.05, 4.69) is 10.9 Å². The number of anilines is 2. The lowest BCUT2D eigenvalue weighted by Gasteiger charge is -2.19. The first-order chi connectivity index (χ1) is 13.2. The maximum absolute atomic E-state index is 13.0. The third-order valence-electron chi connectivity index (χ3n) is 4.27. The van der Waals surface area contributed by atoms with E-state index >= 15 is 0 Å². The minimum absolute atomic E-state index is 0.191. The van der Waals surface area contributed by atoms with Crippen molar-refractivity contribution in [2.75, 3.05) is 16.9 Å². The zero-order valence-electron chi connectivity index (χ0n) is 14.2. The van der Waals surface area contributed by atoms with E-state index in [1.165, 1.54) is 35.2 Å². The van der Waals surface area contributed by atoms with Crippen LogP contribution in [0.25, 0.3) is 0 Å². The van der Waals surface area contributed by atoms with Crippen molar-refractivity contribution in [3.8, 4) is 0 Å². The summed E-state index contributed by atoms with van der Waals surface area (Å²) >= 11 is 12.0. The number of amides is 2. The van der Waals surface area contributed by atoms with E-state index in [1.807, 2.05) is 0 Å². The van der Waals surface area contributed by atoms with Crippen LogP contribution in [0.15, 0.2) is 42.5 Å². The summed E-state index contributed by atoms with van der Waals surface area (Å²) in [5, 5.41) is 0.682. The van der Waals surface area contributed by atoms with Crippen LogP contribution >= 0.6 is 23.2 Å². The Kier molecular flexibility index (Phi) is 5.71. The number of para-hydroxylation sites is 1. The second-order valence-corrected chi connectivity index (χ2v) is 6.93. The van der Waals surface area contributed by atoms with Gasteiger partial charge in [0.1, 0.15) is 5.92 Å². The number of carbonyl (C=O) groups is 2. The number of hydrogen-bond donors (Lipinski definition) is 2. The Morgan fingerprint density at radius 3 is 2.57 bits per heavy atom. The van der Waals surface area contributed by atoms with E-state index in [4.69, 9.17) is 23.2 Å². The number of rotatable bonds is 4. The van der Waals surface area contributed by atoms with Crippen LogP contribution in [0.3, 0.4) is 0 Å². The molecule has 0 aromatic heterocycles. The Morgan fingerprint density at radius 1 is 1.14 bits per heavy atom. The van der Waals surface area contributed by atoms with Gasteiger partial charge in [0.15, 0.2) is 0 Å². The third-order valence-corrected chi connectivity index (χ3v) is 4.83. The van der Waals surface area contributed by atoms with Crippen LogP contribution in [0, 0.1) is 5.92 Å². The molecule has 2 amide bonds. The fraction of sp³-hybridized carbons (Fsp3) is 0.222. The molecule has 3 rings (SSSR count). The predicted molar refractivity (Wildman–Crippen MR) is 100 cm³/mol. The first kappa shape index (κ1) is 20.3. The maximum Gasteiger partial charge on any atom is 0.418 e. The summed E-state index contributed by atoms with van der Waals surface area (Å²) in [5.74, 6) is -2.30. The van der Waals surface area contributed by atoms with Crippen molar-refractivity contribution in [2.24, 2.45) is 5.92 Å². The second-order valence-electron chi connectivity index (χ2n) is 6.08. The number of nitrogens with one attached hydrogen (secondary N) is 2. The van der Waals surface area contributed by atoms with Gasteiger partial charge >= 0.3 is 6.18 Å². The maximum atomic E-state index is 13.0. The summed E-state index contributed by atoms with van der Waals surface area (Å²) in [7, 11) is 0. The molecule has 5 nitrogen and oxygen atoms in total. The Hall–Kier alpha value is -2.45. The Balaban J connectivity index is 1.70. The van der Waals surface area contributed by atoms with Gasteiger partial charge in [-0.25, -0.2) is 0 Å². The normalized spacial score (nSPS) is 17.0. The number of benzene rings is 2. The fourth-order valence-corrected chi connectivity index (χ4v) is 3.30. The molecule has 2 aromatic carbocycles. The molecule has 0 aliphatic carbocycles. The zero-order valence-corrected chi connectivity index (χ0v) is 15.7. The van der Waals surface area contributed by atoms with Gasteiger partial charge in [-0.05, 0) is 36.8 Å². The van der Waals surface area contributed by atoms with Crippen LogP contribution in [0.4, 0.5) is 24.5 Å². The highest BCUT2D eigenvalue weighted by Crippen LogP contribution is 2.35. The zero-order chi connectivity index (χ0) is 20.5. The molecule has 10 heteroatoms. The highest BCUT2D eigenvalue weighted by Gasteiger charge is 2.39.